The third-order valence-electron chi connectivity index (χ3n) is 5.69. The highest BCUT2D eigenvalue weighted by Crippen LogP contribution is 2.39. The van der Waals surface area contributed by atoms with Gasteiger partial charge in [0.1, 0.15) is 0 Å². The van der Waals surface area contributed by atoms with Gasteiger partial charge in [-0.3, -0.25) is 0 Å². The number of nitrogens with zero attached hydrogens (tertiary/aromatic N) is 1. The van der Waals surface area contributed by atoms with Crippen LogP contribution in [0.2, 0.25) is 0 Å². The highest BCUT2D eigenvalue weighted by atomic mass is 15.0. The Bertz CT molecular complexity index is 1120. The van der Waals surface area contributed by atoms with Crippen molar-refractivity contribution < 1.29 is 0 Å². The fraction of sp³-hybridized carbons (Fsp3) is 0.308. The van der Waals surface area contributed by atoms with Crippen molar-refractivity contribution in [1.29, 1.82) is 0 Å². The summed E-state index contributed by atoms with van der Waals surface area (Å²) in [6.45, 7) is 11.4. The van der Waals surface area contributed by atoms with E-state index in [1.54, 1.807) is 0 Å². The molecule has 0 N–H and O–H groups in total. The first kappa shape index (κ1) is 17.9. The van der Waals surface area contributed by atoms with E-state index < -0.39 is 0 Å². The van der Waals surface area contributed by atoms with E-state index in [1.165, 1.54) is 44.2 Å². The van der Waals surface area contributed by atoms with Gasteiger partial charge in [0.15, 0.2) is 0 Å². The topological polar surface area (TPSA) is 4.93 Å². The molecule has 1 aromatic heterocycles. The summed E-state index contributed by atoms with van der Waals surface area (Å²) >= 11 is 0. The van der Waals surface area contributed by atoms with Crippen molar-refractivity contribution in [2.75, 3.05) is 0 Å². The number of aryl methyl sites for hydroxylation is 2. The summed E-state index contributed by atoms with van der Waals surface area (Å²) in [5.74, 6) is 0. The molecule has 0 saturated carbocycles. The zero-order valence-corrected chi connectivity index (χ0v) is 17.1. The molecule has 1 heterocycles. The zero-order valence-electron chi connectivity index (χ0n) is 17.1. The van der Waals surface area contributed by atoms with Crippen LogP contribution in [0.1, 0.15) is 51.3 Å². The summed E-state index contributed by atoms with van der Waals surface area (Å²) in [5, 5.41) is 2.76. The van der Waals surface area contributed by atoms with Gasteiger partial charge in [-0.1, -0.05) is 77.1 Å². The van der Waals surface area contributed by atoms with E-state index in [4.69, 9.17) is 0 Å². The summed E-state index contributed by atoms with van der Waals surface area (Å²) in [7, 11) is 0. The Morgan fingerprint density at radius 3 is 2.26 bits per heavy atom. The maximum atomic E-state index is 2.48. The van der Waals surface area contributed by atoms with Gasteiger partial charge in [0.25, 0.3) is 0 Å². The lowest BCUT2D eigenvalue weighted by Crippen LogP contribution is -2.11. The van der Waals surface area contributed by atoms with Crippen molar-refractivity contribution in [2.45, 2.75) is 52.9 Å². The molecule has 0 atom stereocenters. The molecule has 3 aromatic carbocycles. The fourth-order valence-electron chi connectivity index (χ4n) is 4.25. The first-order chi connectivity index (χ1) is 13.0. The summed E-state index contributed by atoms with van der Waals surface area (Å²) in [6, 6.07) is 22.6. The Hall–Kier alpha value is -2.54. The van der Waals surface area contributed by atoms with Gasteiger partial charge in [0.05, 0.1) is 11.0 Å². The minimum atomic E-state index is 0.103. The van der Waals surface area contributed by atoms with Crippen LogP contribution in [-0.2, 0) is 18.3 Å². The van der Waals surface area contributed by atoms with Crippen LogP contribution in [0.15, 0.2) is 60.7 Å². The van der Waals surface area contributed by atoms with E-state index in [0.717, 1.165) is 12.8 Å². The molecule has 27 heavy (non-hydrogen) atoms. The predicted molar refractivity (Wildman–Crippen MR) is 118 cm³/mol. The first-order valence-corrected chi connectivity index (χ1v) is 10.1. The van der Waals surface area contributed by atoms with Crippen molar-refractivity contribution in [3.63, 3.8) is 0 Å². The Morgan fingerprint density at radius 1 is 0.778 bits per heavy atom. The fourth-order valence-corrected chi connectivity index (χ4v) is 4.25. The third kappa shape index (κ3) is 2.86. The van der Waals surface area contributed by atoms with E-state index >= 15 is 0 Å². The molecule has 4 rings (SSSR count). The second-order valence-electron chi connectivity index (χ2n) is 8.47. The van der Waals surface area contributed by atoms with Crippen molar-refractivity contribution in [1.82, 2.24) is 4.57 Å². The average Bonchev–Trinajstić information content (AvgIpc) is 3.00. The van der Waals surface area contributed by atoms with Gasteiger partial charge >= 0.3 is 0 Å². The molecule has 1 heteroatoms. The van der Waals surface area contributed by atoms with Crippen LogP contribution in [0.5, 0.6) is 0 Å². The molecule has 0 unspecified atom stereocenters. The van der Waals surface area contributed by atoms with Crippen LogP contribution in [0.25, 0.3) is 27.5 Å². The van der Waals surface area contributed by atoms with Crippen LogP contribution in [-0.4, -0.2) is 4.57 Å². The van der Waals surface area contributed by atoms with Gasteiger partial charge in [0.2, 0.25) is 0 Å². The SMILES string of the molecule is CCc1ccc2c3c(C(C)(C)C)cccc3n(-c3ccccc3CC)c2c1. The second-order valence-corrected chi connectivity index (χ2v) is 8.47. The highest BCUT2D eigenvalue weighted by Gasteiger charge is 2.22. The molecule has 0 aliphatic carbocycles. The van der Waals surface area contributed by atoms with E-state index in [9.17, 15) is 0 Å². The first-order valence-electron chi connectivity index (χ1n) is 10.1. The molecular formula is C26H29N. The molecule has 0 aliphatic rings. The van der Waals surface area contributed by atoms with Gasteiger partial charge in [-0.2, -0.15) is 0 Å². The van der Waals surface area contributed by atoms with Crippen LogP contribution in [0.3, 0.4) is 0 Å². The minimum absolute atomic E-state index is 0.103. The predicted octanol–water partition coefficient (Wildman–Crippen LogP) is 7.21. The summed E-state index contributed by atoms with van der Waals surface area (Å²) in [5.41, 5.74) is 8.24. The molecule has 0 aliphatic heterocycles. The molecule has 1 nitrogen and oxygen atoms in total. The minimum Gasteiger partial charge on any atom is -0.309 e. The molecule has 0 saturated heterocycles. The smallest absolute Gasteiger partial charge is 0.0544 e. The lowest BCUT2D eigenvalue weighted by Gasteiger charge is -2.21. The monoisotopic (exact) mass is 355 g/mol. The van der Waals surface area contributed by atoms with Crippen molar-refractivity contribution in [2.24, 2.45) is 0 Å². The van der Waals surface area contributed by atoms with Crippen molar-refractivity contribution >= 4 is 21.8 Å². The molecule has 0 amide bonds. The maximum Gasteiger partial charge on any atom is 0.0544 e. The molecule has 0 bridgehead atoms. The third-order valence-corrected chi connectivity index (χ3v) is 5.69. The normalized spacial score (nSPS) is 12.2. The Kier molecular flexibility index (Phi) is 4.34. The van der Waals surface area contributed by atoms with Crippen LogP contribution in [0.4, 0.5) is 0 Å². The van der Waals surface area contributed by atoms with Crippen LogP contribution in [0, 0.1) is 0 Å². The van der Waals surface area contributed by atoms with Gasteiger partial charge in [0, 0.05) is 16.5 Å². The van der Waals surface area contributed by atoms with Gasteiger partial charge in [-0.15, -0.1) is 0 Å². The van der Waals surface area contributed by atoms with Crippen molar-refractivity contribution in [3.8, 4) is 5.69 Å². The zero-order chi connectivity index (χ0) is 19.2. The van der Waals surface area contributed by atoms with Crippen LogP contribution < -0.4 is 0 Å². The van der Waals surface area contributed by atoms with E-state index in [-0.39, 0.29) is 5.41 Å². The lowest BCUT2D eigenvalue weighted by atomic mass is 9.84. The average molecular weight is 356 g/mol. The van der Waals surface area contributed by atoms with Gasteiger partial charge in [-0.05, 0) is 53.1 Å². The standard InChI is InChI=1S/C26H29N/c1-6-18-15-16-20-24(17-18)27(22-13-9-8-11-19(22)7-2)23-14-10-12-21(25(20)23)26(3,4)5/h8-17H,6-7H2,1-5H3. The second kappa shape index (κ2) is 6.56. The number of hydrogen-bond acceptors (Lipinski definition) is 0. The van der Waals surface area contributed by atoms with E-state index in [1.807, 2.05) is 0 Å². The van der Waals surface area contributed by atoms with E-state index in [2.05, 4.69) is 99.8 Å². The highest BCUT2D eigenvalue weighted by molar-refractivity contribution is 6.11. The van der Waals surface area contributed by atoms with Crippen molar-refractivity contribution in [3.05, 3.63) is 77.4 Å². The largest absolute Gasteiger partial charge is 0.309 e. The van der Waals surface area contributed by atoms with E-state index in [0.29, 0.717) is 0 Å². The number of benzene rings is 3. The molecule has 0 spiro atoms. The van der Waals surface area contributed by atoms with Gasteiger partial charge < -0.3 is 4.57 Å². The molecular weight excluding hydrogens is 326 g/mol. The maximum absolute atomic E-state index is 2.48. The Morgan fingerprint density at radius 2 is 1.56 bits per heavy atom. The molecule has 0 fully saturated rings. The number of para-hydroxylation sites is 1. The molecule has 4 aromatic rings. The Balaban J connectivity index is 2.22. The quantitative estimate of drug-likeness (QED) is 0.366. The summed E-state index contributed by atoms with van der Waals surface area (Å²) in [6.07, 6.45) is 2.09. The number of fused-ring (bicyclic) bond motifs is 3. The summed E-state index contributed by atoms with van der Waals surface area (Å²) in [4.78, 5) is 0. The number of rotatable bonds is 3. The molecule has 0 radical (unpaired) electrons. The van der Waals surface area contributed by atoms with Gasteiger partial charge in [-0.25, -0.2) is 0 Å². The van der Waals surface area contributed by atoms with Crippen LogP contribution >= 0.6 is 0 Å². The summed E-state index contributed by atoms with van der Waals surface area (Å²) < 4.78 is 2.48. The number of aromatic nitrogens is 1. The lowest BCUT2D eigenvalue weighted by molar-refractivity contribution is 0.596. The molecule has 138 valence electrons. The Labute approximate surface area is 162 Å². The number of hydrogen-bond donors (Lipinski definition) is 0.